The summed E-state index contributed by atoms with van der Waals surface area (Å²) in [5, 5.41) is 13.3. The van der Waals surface area contributed by atoms with Crippen LogP contribution >= 0.6 is 39.6 Å². The molecule has 6 rings (SSSR count). The van der Waals surface area contributed by atoms with Crippen molar-refractivity contribution in [2.24, 2.45) is 0 Å². The van der Waals surface area contributed by atoms with E-state index in [-0.39, 0.29) is 36.9 Å². The van der Waals surface area contributed by atoms with Crippen LogP contribution in [0.25, 0.3) is 0 Å². The van der Waals surface area contributed by atoms with Crippen molar-refractivity contribution in [3.63, 3.8) is 0 Å². The van der Waals surface area contributed by atoms with Gasteiger partial charge in [-0.3, -0.25) is 0 Å². The minimum atomic E-state index is -3.72. The molecular weight excluding hydrogens is 1060 g/mol. The average molecular weight is 1110 g/mol. The molecule has 0 saturated heterocycles. The van der Waals surface area contributed by atoms with Crippen molar-refractivity contribution >= 4 is 94.3 Å². The Labute approximate surface area is 420 Å². The standard InChI is InChI=1S/2C23H24GeN2O3PS.5H2O/c2*1-18(24)17-22(26-23(31)25-19-11-5-2-6-12-19)30(27,28-20-13-7-3-8-14-20)29-21-15-9-4-10-16-21;;;;;/h2*2-16,18,22H,17H2,1H3,(H2,25,26,31);5*1H2. The fourth-order valence-corrected chi connectivity index (χ4v) is 12.2. The van der Waals surface area contributed by atoms with E-state index in [0.29, 0.717) is 46.1 Å². The molecule has 6 radical (unpaired) electrons. The van der Waals surface area contributed by atoms with Crippen LogP contribution in [0.5, 0.6) is 23.0 Å². The summed E-state index contributed by atoms with van der Waals surface area (Å²) in [5.74, 6) is 0.574. The second-order valence-corrected chi connectivity index (χ2v) is 23.0. The summed E-state index contributed by atoms with van der Waals surface area (Å²) >= 11 is 15.1. The molecule has 0 saturated carbocycles. The Bertz CT molecular complexity index is 2100. The van der Waals surface area contributed by atoms with Gasteiger partial charge >= 0.3 is 395 Å². The number of hydrogen-bond acceptors (Lipinski definition) is 8. The van der Waals surface area contributed by atoms with Gasteiger partial charge in [0.15, 0.2) is 0 Å². The third kappa shape index (κ3) is 21.8. The van der Waals surface area contributed by atoms with Gasteiger partial charge < -0.3 is 27.4 Å². The summed E-state index contributed by atoms with van der Waals surface area (Å²) in [5.41, 5.74) is 1.68. The zero-order chi connectivity index (χ0) is 44.2. The zero-order valence-electron chi connectivity index (χ0n) is 36.7. The van der Waals surface area contributed by atoms with E-state index in [4.69, 9.17) is 42.5 Å². The maximum Gasteiger partial charge on any atom is -0.412 e. The average Bonchev–Trinajstić information content (AvgIpc) is 3.25. The van der Waals surface area contributed by atoms with Crippen LogP contribution in [0.15, 0.2) is 182 Å². The molecule has 15 nitrogen and oxygen atoms in total. The van der Waals surface area contributed by atoms with Gasteiger partial charge in [0.05, 0.1) is 0 Å². The Balaban J connectivity index is 0.00000121. The van der Waals surface area contributed by atoms with Crippen LogP contribution in [-0.4, -0.2) is 82.2 Å². The first-order valence-electron chi connectivity index (χ1n) is 19.7. The summed E-state index contributed by atoms with van der Waals surface area (Å²) in [4.78, 5) is 0. The molecule has 14 N–H and O–H groups in total. The molecule has 0 aliphatic heterocycles. The molecule has 0 aliphatic carbocycles. The molecule has 4 unspecified atom stereocenters. The van der Waals surface area contributed by atoms with Crippen LogP contribution in [0.4, 0.5) is 11.4 Å². The third-order valence-electron chi connectivity index (χ3n) is 8.48. The van der Waals surface area contributed by atoms with Gasteiger partial charge in [-0.2, -0.15) is 0 Å². The molecule has 0 aliphatic rings. The molecule has 6 aromatic rings. The summed E-state index contributed by atoms with van der Waals surface area (Å²) in [6.07, 6.45) is 1.07. The van der Waals surface area contributed by atoms with E-state index >= 15 is 0 Å². The van der Waals surface area contributed by atoms with Crippen molar-refractivity contribution in [3.05, 3.63) is 182 Å². The first kappa shape index (κ1) is 62.2. The molecule has 0 bridgehead atoms. The predicted molar refractivity (Wildman–Crippen MR) is 280 cm³/mol. The molecule has 358 valence electrons. The van der Waals surface area contributed by atoms with Crippen molar-refractivity contribution in [1.82, 2.24) is 10.6 Å². The number of thiocarbonyl (C=S) groups is 2. The molecule has 21 heteroatoms. The summed E-state index contributed by atoms with van der Waals surface area (Å²) in [6, 6.07) is 55.3. The Kier molecular flexibility index (Phi) is 29.8. The van der Waals surface area contributed by atoms with Gasteiger partial charge in [0.2, 0.25) is 0 Å². The molecular formula is C46H58Ge2N4O11P2S2. The fourth-order valence-electron chi connectivity index (χ4n) is 5.69. The molecule has 67 heavy (non-hydrogen) atoms. The van der Waals surface area contributed by atoms with E-state index < -0.39 is 26.8 Å². The molecule has 0 heterocycles. The van der Waals surface area contributed by atoms with Crippen molar-refractivity contribution < 1.29 is 54.6 Å². The van der Waals surface area contributed by atoms with E-state index in [1.54, 1.807) is 48.5 Å². The van der Waals surface area contributed by atoms with E-state index in [1.165, 1.54) is 0 Å². The largest absolute Gasteiger partial charge is 0.412 e. The maximum atomic E-state index is 14.2. The number of rotatable bonds is 18. The summed E-state index contributed by atoms with van der Waals surface area (Å²) in [6.45, 7) is 4.11. The Morgan fingerprint density at radius 3 is 0.851 bits per heavy atom. The molecule has 4 atom stereocenters. The molecule has 0 spiro atoms. The molecule has 6 aromatic carbocycles. The van der Waals surface area contributed by atoms with Crippen LogP contribution < -0.4 is 39.4 Å². The number of benzene rings is 6. The van der Waals surface area contributed by atoms with Gasteiger partial charge in [-0.15, -0.1) is 0 Å². The first-order chi connectivity index (χ1) is 29.9. The number of hydrogen-bond donors (Lipinski definition) is 4. The van der Waals surface area contributed by atoms with Crippen LogP contribution in [0.2, 0.25) is 9.50 Å². The normalized spacial score (nSPS) is 12.0. The Morgan fingerprint density at radius 1 is 0.433 bits per heavy atom. The number of nitrogens with one attached hydrogen (secondary N) is 4. The van der Waals surface area contributed by atoms with Crippen molar-refractivity contribution in [1.29, 1.82) is 0 Å². The Morgan fingerprint density at radius 2 is 0.642 bits per heavy atom. The minimum absolute atomic E-state index is 0. The quantitative estimate of drug-likeness (QED) is 0.0363. The van der Waals surface area contributed by atoms with E-state index in [0.717, 1.165) is 11.4 Å². The van der Waals surface area contributed by atoms with E-state index in [9.17, 15) is 9.13 Å². The van der Waals surface area contributed by atoms with Crippen LogP contribution in [0, 0.1) is 0 Å². The second-order valence-electron chi connectivity index (χ2n) is 13.9. The summed E-state index contributed by atoms with van der Waals surface area (Å²) in [7, 11) is -7.45. The predicted octanol–water partition coefficient (Wildman–Crippen LogP) is 7.91. The van der Waals surface area contributed by atoms with Crippen molar-refractivity contribution in [2.45, 2.75) is 47.8 Å². The van der Waals surface area contributed by atoms with Gasteiger partial charge in [-0.05, 0) is 0 Å². The molecule has 0 aromatic heterocycles. The SMILES string of the molecule is C[CH]([Ge])CC(NC(=S)Nc1ccccc1)P(=O)(Oc1ccccc1)Oc1ccccc1.C[CH]([Ge])CC(NC(=S)Nc1ccccc1)P(=O)(Oc1ccccc1)Oc1ccccc1.O.O.O.O.O. The van der Waals surface area contributed by atoms with Crippen LogP contribution in [-0.2, 0) is 9.13 Å². The van der Waals surface area contributed by atoms with Gasteiger partial charge in [0.1, 0.15) is 0 Å². The molecule has 0 fully saturated rings. The first-order valence-corrected chi connectivity index (χ1v) is 26.2. The smallest absolute Gasteiger partial charge is 0.412 e. The zero-order valence-corrected chi connectivity index (χ0v) is 44.3. The number of anilines is 2. The number of para-hydroxylation sites is 6. The van der Waals surface area contributed by atoms with Crippen molar-refractivity contribution in [2.75, 3.05) is 10.6 Å². The second kappa shape index (κ2) is 32.1. The van der Waals surface area contributed by atoms with Crippen molar-refractivity contribution in [3.8, 4) is 23.0 Å². The maximum absolute atomic E-state index is 14.2. The topological polar surface area (TPSA) is 277 Å². The van der Waals surface area contributed by atoms with Gasteiger partial charge in [-0.25, -0.2) is 0 Å². The monoisotopic (exact) mass is 1120 g/mol. The minimum Gasteiger partial charge on any atom is -0.412 e. The third-order valence-corrected chi connectivity index (χ3v) is 14.0. The summed E-state index contributed by atoms with van der Waals surface area (Å²) < 4.78 is 52.8. The van der Waals surface area contributed by atoms with Crippen LogP contribution in [0.3, 0.4) is 0 Å². The van der Waals surface area contributed by atoms with Crippen LogP contribution in [0.1, 0.15) is 26.7 Å². The molecule has 0 amide bonds. The van der Waals surface area contributed by atoms with E-state index in [2.05, 4.69) is 68.1 Å². The van der Waals surface area contributed by atoms with Gasteiger partial charge in [0, 0.05) is 0 Å². The Hall–Kier alpha value is -4.75. The fraction of sp³-hybridized carbons (Fsp3) is 0.174. The van der Waals surface area contributed by atoms with Gasteiger partial charge in [-0.1, -0.05) is 0 Å². The van der Waals surface area contributed by atoms with E-state index in [1.807, 2.05) is 133 Å². The van der Waals surface area contributed by atoms with Gasteiger partial charge in [0.25, 0.3) is 0 Å².